The molecule has 0 spiro atoms. The zero-order chi connectivity index (χ0) is 20.5. The van der Waals surface area contributed by atoms with Crippen molar-refractivity contribution in [2.75, 3.05) is 19.0 Å². The summed E-state index contributed by atoms with van der Waals surface area (Å²) in [6, 6.07) is 24.5. The van der Waals surface area contributed by atoms with Gasteiger partial charge in [0.05, 0.1) is 18.6 Å². The number of carbonyl (C=O) groups excluding carboxylic acids is 2. The van der Waals surface area contributed by atoms with Crippen LogP contribution in [0.15, 0.2) is 78.9 Å². The van der Waals surface area contributed by atoms with Gasteiger partial charge in [-0.25, -0.2) is 0 Å². The number of hydrogen-bond donors (Lipinski definition) is 2. The van der Waals surface area contributed by atoms with Gasteiger partial charge in [0.2, 0.25) is 5.91 Å². The molecule has 0 saturated heterocycles. The van der Waals surface area contributed by atoms with E-state index in [4.69, 9.17) is 4.74 Å². The van der Waals surface area contributed by atoms with Crippen LogP contribution in [-0.4, -0.2) is 25.5 Å². The van der Waals surface area contributed by atoms with Gasteiger partial charge in [-0.1, -0.05) is 54.6 Å². The summed E-state index contributed by atoms with van der Waals surface area (Å²) in [5.74, 6) is 0.264. The molecule has 3 aromatic carbocycles. The molecule has 3 aromatic rings. The minimum atomic E-state index is -0.237. The lowest BCUT2D eigenvalue weighted by Crippen LogP contribution is -2.19. The largest absolute Gasteiger partial charge is 0.492 e. The summed E-state index contributed by atoms with van der Waals surface area (Å²) in [5, 5.41) is 5.47. The average Bonchev–Trinajstić information content (AvgIpc) is 2.76. The highest BCUT2D eigenvalue weighted by molar-refractivity contribution is 6.06. The molecule has 0 aliphatic rings. The maximum atomic E-state index is 12.7. The summed E-state index contributed by atoms with van der Waals surface area (Å²) in [4.78, 5) is 24.2. The Morgan fingerprint density at radius 2 is 1.52 bits per heavy atom. The van der Waals surface area contributed by atoms with Crippen LogP contribution in [0.3, 0.4) is 0 Å². The van der Waals surface area contributed by atoms with Crippen LogP contribution in [0.5, 0.6) is 5.75 Å². The molecule has 148 valence electrons. The fraction of sp³-hybridized carbons (Fsp3) is 0.167. The maximum Gasteiger partial charge on any atom is 0.259 e. The van der Waals surface area contributed by atoms with Gasteiger partial charge in [0.15, 0.2) is 0 Å². The summed E-state index contributed by atoms with van der Waals surface area (Å²) < 4.78 is 5.87. The van der Waals surface area contributed by atoms with Gasteiger partial charge in [0.1, 0.15) is 5.75 Å². The molecule has 2 N–H and O–H groups in total. The van der Waals surface area contributed by atoms with E-state index in [0.29, 0.717) is 30.0 Å². The van der Waals surface area contributed by atoms with Crippen LogP contribution >= 0.6 is 0 Å². The van der Waals surface area contributed by atoms with E-state index in [0.717, 1.165) is 12.0 Å². The van der Waals surface area contributed by atoms with Crippen molar-refractivity contribution in [3.63, 3.8) is 0 Å². The van der Waals surface area contributed by atoms with E-state index < -0.39 is 0 Å². The van der Waals surface area contributed by atoms with Crippen LogP contribution < -0.4 is 15.4 Å². The number of benzene rings is 3. The predicted molar refractivity (Wildman–Crippen MR) is 114 cm³/mol. The highest BCUT2D eigenvalue weighted by atomic mass is 16.5. The second-order valence-corrected chi connectivity index (χ2v) is 6.58. The third-order valence-electron chi connectivity index (χ3n) is 4.48. The van der Waals surface area contributed by atoms with Crippen LogP contribution in [-0.2, 0) is 17.6 Å². The van der Waals surface area contributed by atoms with Crippen LogP contribution in [0.4, 0.5) is 5.69 Å². The zero-order valence-corrected chi connectivity index (χ0v) is 16.4. The minimum Gasteiger partial charge on any atom is -0.492 e. The van der Waals surface area contributed by atoms with Crippen LogP contribution in [0.2, 0.25) is 0 Å². The average molecular weight is 388 g/mol. The quantitative estimate of drug-likeness (QED) is 0.616. The lowest BCUT2D eigenvalue weighted by molar-refractivity contribution is -0.119. The predicted octanol–water partition coefficient (Wildman–Crippen LogP) is 3.85. The van der Waals surface area contributed by atoms with Gasteiger partial charge in [-0.15, -0.1) is 0 Å². The Hall–Kier alpha value is -3.60. The topological polar surface area (TPSA) is 67.4 Å². The van der Waals surface area contributed by atoms with Gasteiger partial charge < -0.3 is 15.4 Å². The highest BCUT2D eigenvalue weighted by Crippen LogP contribution is 2.20. The monoisotopic (exact) mass is 388 g/mol. The first kappa shape index (κ1) is 20.1. The number of likely N-dealkylation sites (N-methyl/N-ethyl adjacent to an activating group) is 1. The molecular formula is C24H24N2O3. The van der Waals surface area contributed by atoms with Crippen molar-refractivity contribution in [3.8, 4) is 5.75 Å². The minimum absolute atomic E-state index is 0.0524. The molecule has 0 unspecified atom stereocenters. The molecule has 3 rings (SSSR count). The van der Waals surface area contributed by atoms with E-state index in [-0.39, 0.29) is 11.8 Å². The molecule has 0 aliphatic carbocycles. The first-order chi connectivity index (χ1) is 14.2. The Morgan fingerprint density at radius 3 is 2.24 bits per heavy atom. The van der Waals surface area contributed by atoms with Crippen molar-refractivity contribution >= 4 is 17.5 Å². The molecule has 0 atom stereocenters. The summed E-state index contributed by atoms with van der Waals surface area (Å²) in [5.41, 5.74) is 3.21. The lowest BCUT2D eigenvalue weighted by Gasteiger charge is -2.12. The van der Waals surface area contributed by atoms with Gasteiger partial charge in [0, 0.05) is 19.2 Å². The summed E-state index contributed by atoms with van der Waals surface area (Å²) >= 11 is 0. The number of hydrogen-bond acceptors (Lipinski definition) is 3. The van der Waals surface area contributed by atoms with Crippen molar-refractivity contribution in [3.05, 3.63) is 95.6 Å². The number of anilines is 1. The van der Waals surface area contributed by atoms with E-state index >= 15 is 0 Å². The number of carbonyl (C=O) groups is 2. The van der Waals surface area contributed by atoms with Crippen LogP contribution in [0, 0.1) is 0 Å². The first-order valence-corrected chi connectivity index (χ1v) is 9.52. The Kier molecular flexibility index (Phi) is 7.00. The SMILES string of the molecule is CNC(=O)Cc1ccc(NC(=O)c2ccccc2OCCc2ccccc2)cc1. The van der Waals surface area contributed by atoms with Crippen molar-refractivity contribution in [1.82, 2.24) is 5.32 Å². The molecule has 29 heavy (non-hydrogen) atoms. The van der Waals surface area contributed by atoms with Gasteiger partial charge in [-0.3, -0.25) is 9.59 Å². The molecule has 5 heteroatoms. The third kappa shape index (κ3) is 5.94. The molecule has 2 amide bonds. The first-order valence-electron chi connectivity index (χ1n) is 9.52. The van der Waals surface area contributed by atoms with E-state index in [1.807, 2.05) is 42.5 Å². The molecule has 0 aliphatic heterocycles. The third-order valence-corrected chi connectivity index (χ3v) is 4.48. The van der Waals surface area contributed by atoms with E-state index in [2.05, 4.69) is 22.8 Å². The molecule has 0 saturated carbocycles. The molecular weight excluding hydrogens is 364 g/mol. The number of rotatable bonds is 8. The standard InChI is InChI=1S/C24H24N2O3/c1-25-23(27)17-19-11-13-20(14-12-19)26-24(28)21-9-5-6-10-22(21)29-16-15-18-7-3-2-4-8-18/h2-14H,15-17H2,1H3,(H,25,27)(H,26,28). The summed E-state index contributed by atoms with van der Waals surface area (Å²) in [6.45, 7) is 0.489. The number of ether oxygens (including phenoxy) is 1. The number of nitrogens with one attached hydrogen (secondary N) is 2. The highest BCUT2D eigenvalue weighted by Gasteiger charge is 2.12. The second-order valence-electron chi connectivity index (χ2n) is 6.58. The zero-order valence-electron chi connectivity index (χ0n) is 16.4. The van der Waals surface area contributed by atoms with Crippen molar-refractivity contribution in [1.29, 1.82) is 0 Å². The number of para-hydroxylation sites is 1. The van der Waals surface area contributed by atoms with E-state index in [1.165, 1.54) is 5.56 Å². The van der Waals surface area contributed by atoms with E-state index in [1.54, 1.807) is 31.3 Å². The number of amides is 2. The Bertz CT molecular complexity index is 953. The molecule has 5 nitrogen and oxygen atoms in total. The molecule has 0 fully saturated rings. The fourth-order valence-corrected chi connectivity index (χ4v) is 2.88. The summed E-state index contributed by atoms with van der Waals surface area (Å²) in [7, 11) is 1.61. The van der Waals surface area contributed by atoms with Gasteiger partial charge in [-0.2, -0.15) is 0 Å². The molecule has 0 heterocycles. The lowest BCUT2D eigenvalue weighted by atomic mass is 10.1. The summed E-state index contributed by atoms with van der Waals surface area (Å²) in [6.07, 6.45) is 1.08. The van der Waals surface area contributed by atoms with E-state index in [9.17, 15) is 9.59 Å². The second kappa shape index (κ2) is 10.1. The Morgan fingerprint density at radius 1 is 0.828 bits per heavy atom. The van der Waals surface area contributed by atoms with Crippen molar-refractivity contribution < 1.29 is 14.3 Å². The Labute approximate surface area is 170 Å². The fourth-order valence-electron chi connectivity index (χ4n) is 2.88. The van der Waals surface area contributed by atoms with Crippen LogP contribution in [0.1, 0.15) is 21.5 Å². The van der Waals surface area contributed by atoms with Gasteiger partial charge >= 0.3 is 0 Å². The van der Waals surface area contributed by atoms with Gasteiger partial charge in [0.25, 0.3) is 5.91 Å². The van der Waals surface area contributed by atoms with Gasteiger partial charge in [-0.05, 0) is 35.4 Å². The van der Waals surface area contributed by atoms with Crippen molar-refractivity contribution in [2.45, 2.75) is 12.8 Å². The molecule has 0 bridgehead atoms. The van der Waals surface area contributed by atoms with Crippen LogP contribution in [0.25, 0.3) is 0 Å². The normalized spacial score (nSPS) is 10.2. The Balaban J connectivity index is 1.61. The van der Waals surface area contributed by atoms with Crippen molar-refractivity contribution in [2.24, 2.45) is 0 Å². The molecule has 0 aromatic heterocycles. The maximum absolute atomic E-state index is 12.7. The molecule has 0 radical (unpaired) electrons. The smallest absolute Gasteiger partial charge is 0.259 e.